The van der Waals surface area contributed by atoms with Crippen LogP contribution in [0.4, 0.5) is 0 Å². The van der Waals surface area contributed by atoms with Gasteiger partial charge in [0.25, 0.3) is 0 Å². The Balaban J connectivity index is 3.33. The number of halogens is 1. The highest BCUT2D eigenvalue weighted by atomic mass is 79.9. The molecule has 2 nitrogen and oxygen atoms in total. The molecule has 12 heavy (non-hydrogen) atoms. The molecular formula is C8H12BrN2P. The van der Waals surface area contributed by atoms with Crippen molar-refractivity contribution in [1.82, 2.24) is 10.2 Å². The standard InChI is InChI=1S/C8H12BrN2P/c1-4(2)6-7(12)5(3)10-11-8(6)9/h4H,12H2,1-3H3. The van der Waals surface area contributed by atoms with E-state index in [0.29, 0.717) is 5.92 Å². The Hall–Kier alpha value is -0.0100. The van der Waals surface area contributed by atoms with E-state index in [0.717, 1.165) is 15.6 Å². The molecule has 0 radical (unpaired) electrons. The van der Waals surface area contributed by atoms with Crippen LogP contribution in [-0.2, 0) is 0 Å². The van der Waals surface area contributed by atoms with Crippen LogP contribution in [0, 0.1) is 6.92 Å². The highest BCUT2D eigenvalue weighted by Gasteiger charge is 2.11. The lowest BCUT2D eigenvalue weighted by molar-refractivity contribution is 0.829. The fraction of sp³-hybridized carbons (Fsp3) is 0.500. The molecule has 0 spiro atoms. The first-order valence-corrected chi connectivity index (χ1v) is 5.19. The van der Waals surface area contributed by atoms with Gasteiger partial charge in [-0.25, -0.2) is 0 Å². The molecule has 0 N–H and O–H groups in total. The summed E-state index contributed by atoms with van der Waals surface area (Å²) >= 11 is 3.39. The van der Waals surface area contributed by atoms with Gasteiger partial charge in [-0.2, -0.15) is 5.10 Å². The molecule has 0 fully saturated rings. The maximum absolute atomic E-state index is 4.01. The minimum atomic E-state index is 0.473. The van der Waals surface area contributed by atoms with E-state index in [2.05, 4.69) is 49.2 Å². The molecule has 0 saturated carbocycles. The predicted octanol–water partition coefficient (Wildman–Crippen LogP) is 2.17. The number of hydrogen-bond donors (Lipinski definition) is 0. The van der Waals surface area contributed by atoms with Gasteiger partial charge in [-0.05, 0) is 39.6 Å². The lowest BCUT2D eigenvalue weighted by Crippen LogP contribution is -2.12. The number of rotatable bonds is 1. The van der Waals surface area contributed by atoms with Gasteiger partial charge < -0.3 is 0 Å². The predicted molar refractivity (Wildman–Crippen MR) is 57.9 cm³/mol. The van der Waals surface area contributed by atoms with E-state index in [9.17, 15) is 0 Å². The van der Waals surface area contributed by atoms with Crippen LogP contribution in [0.25, 0.3) is 0 Å². The third-order valence-corrected chi connectivity index (χ3v) is 3.08. The summed E-state index contributed by atoms with van der Waals surface area (Å²) in [6.45, 7) is 6.26. The Labute approximate surface area is 83.5 Å². The molecule has 0 aliphatic heterocycles. The summed E-state index contributed by atoms with van der Waals surface area (Å²) in [4.78, 5) is 0. The molecule has 0 aliphatic carbocycles. The summed E-state index contributed by atoms with van der Waals surface area (Å²) in [5.74, 6) is 0.473. The first-order chi connectivity index (χ1) is 5.54. The number of hydrogen-bond acceptors (Lipinski definition) is 2. The molecule has 1 atom stereocenters. The first kappa shape index (κ1) is 10.1. The zero-order valence-electron chi connectivity index (χ0n) is 7.43. The number of aryl methyl sites for hydroxylation is 1. The van der Waals surface area contributed by atoms with Crippen molar-refractivity contribution in [2.45, 2.75) is 26.7 Å². The van der Waals surface area contributed by atoms with Crippen LogP contribution in [0.3, 0.4) is 0 Å². The summed E-state index contributed by atoms with van der Waals surface area (Å²) in [6, 6.07) is 0. The first-order valence-electron chi connectivity index (χ1n) is 3.82. The average Bonchev–Trinajstić information content (AvgIpc) is 1.97. The highest BCUT2D eigenvalue weighted by molar-refractivity contribution is 9.10. The number of aromatic nitrogens is 2. The second-order valence-corrected chi connectivity index (χ2v) is 4.39. The van der Waals surface area contributed by atoms with E-state index in [4.69, 9.17) is 0 Å². The summed E-state index contributed by atoms with van der Waals surface area (Å²) < 4.78 is 0.855. The van der Waals surface area contributed by atoms with Gasteiger partial charge in [0.2, 0.25) is 0 Å². The minimum absolute atomic E-state index is 0.473. The van der Waals surface area contributed by atoms with Crippen LogP contribution in [0.15, 0.2) is 4.60 Å². The SMILES string of the molecule is Cc1nnc(Br)c(C(C)C)c1P. The van der Waals surface area contributed by atoms with E-state index < -0.39 is 0 Å². The zero-order chi connectivity index (χ0) is 9.30. The molecule has 66 valence electrons. The Bertz CT molecular complexity index is 299. The second kappa shape index (κ2) is 3.80. The van der Waals surface area contributed by atoms with E-state index in [1.807, 2.05) is 6.92 Å². The lowest BCUT2D eigenvalue weighted by atomic mass is 10.1. The van der Waals surface area contributed by atoms with Crippen molar-refractivity contribution in [2.75, 3.05) is 0 Å². The van der Waals surface area contributed by atoms with Crippen molar-refractivity contribution in [3.63, 3.8) is 0 Å². The van der Waals surface area contributed by atoms with Gasteiger partial charge in [0.05, 0.1) is 5.69 Å². The zero-order valence-corrected chi connectivity index (χ0v) is 10.2. The van der Waals surface area contributed by atoms with Crippen LogP contribution in [0.2, 0.25) is 0 Å². The Morgan fingerprint density at radius 3 is 2.33 bits per heavy atom. The van der Waals surface area contributed by atoms with Gasteiger partial charge in [-0.1, -0.05) is 13.8 Å². The van der Waals surface area contributed by atoms with Crippen molar-refractivity contribution in [2.24, 2.45) is 0 Å². The summed E-state index contributed by atoms with van der Waals surface area (Å²) in [7, 11) is 2.71. The molecule has 1 aromatic rings. The Morgan fingerprint density at radius 1 is 1.33 bits per heavy atom. The van der Waals surface area contributed by atoms with Crippen LogP contribution >= 0.6 is 25.2 Å². The van der Waals surface area contributed by atoms with Crippen molar-refractivity contribution in [3.05, 3.63) is 15.9 Å². The van der Waals surface area contributed by atoms with E-state index in [-0.39, 0.29) is 0 Å². The smallest absolute Gasteiger partial charge is 0.132 e. The molecule has 1 rings (SSSR count). The summed E-state index contributed by atoms with van der Waals surface area (Å²) in [6.07, 6.45) is 0. The lowest BCUT2D eigenvalue weighted by Gasteiger charge is -2.11. The quantitative estimate of drug-likeness (QED) is 0.711. The molecule has 0 bridgehead atoms. The van der Waals surface area contributed by atoms with Crippen LogP contribution in [0.1, 0.15) is 31.0 Å². The summed E-state index contributed by atoms with van der Waals surface area (Å²) in [5.41, 5.74) is 2.21. The third-order valence-electron chi connectivity index (χ3n) is 1.77. The third kappa shape index (κ3) is 1.83. The van der Waals surface area contributed by atoms with E-state index in [1.54, 1.807) is 0 Å². The highest BCUT2D eigenvalue weighted by Crippen LogP contribution is 2.22. The molecule has 0 aromatic carbocycles. The minimum Gasteiger partial charge on any atom is -0.154 e. The number of nitrogens with zero attached hydrogens (tertiary/aromatic N) is 2. The molecule has 0 aliphatic rings. The van der Waals surface area contributed by atoms with Crippen molar-refractivity contribution >= 4 is 30.5 Å². The van der Waals surface area contributed by atoms with Gasteiger partial charge in [0.15, 0.2) is 0 Å². The molecule has 0 amide bonds. The summed E-state index contributed by atoms with van der Waals surface area (Å²) in [5, 5.41) is 9.18. The van der Waals surface area contributed by atoms with Crippen molar-refractivity contribution < 1.29 is 0 Å². The fourth-order valence-electron chi connectivity index (χ4n) is 1.08. The average molecular weight is 247 g/mol. The van der Waals surface area contributed by atoms with Gasteiger partial charge in [-0.3, -0.25) is 0 Å². The maximum Gasteiger partial charge on any atom is 0.132 e. The fourth-order valence-corrected chi connectivity index (χ4v) is 2.57. The largest absolute Gasteiger partial charge is 0.154 e. The van der Waals surface area contributed by atoms with Gasteiger partial charge >= 0.3 is 0 Å². The van der Waals surface area contributed by atoms with E-state index >= 15 is 0 Å². The monoisotopic (exact) mass is 246 g/mol. The van der Waals surface area contributed by atoms with Gasteiger partial charge in [0, 0.05) is 0 Å². The van der Waals surface area contributed by atoms with Crippen LogP contribution in [0.5, 0.6) is 0 Å². The maximum atomic E-state index is 4.01. The molecule has 1 aromatic heterocycles. The Kier molecular flexibility index (Phi) is 3.19. The molecule has 1 heterocycles. The van der Waals surface area contributed by atoms with Crippen molar-refractivity contribution in [3.8, 4) is 0 Å². The molecule has 0 saturated heterocycles. The van der Waals surface area contributed by atoms with Crippen molar-refractivity contribution in [1.29, 1.82) is 0 Å². The van der Waals surface area contributed by atoms with Crippen LogP contribution < -0.4 is 5.30 Å². The normalized spacial score (nSPS) is 10.8. The second-order valence-electron chi connectivity index (χ2n) is 3.06. The van der Waals surface area contributed by atoms with Gasteiger partial charge in [0.1, 0.15) is 4.60 Å². The molecule has 4 heteroatoms. The van der Waals surface area contributed by atoms with Gasteiger partial charge in [-0.15, -0.1) is 14.3 Å². The molecular weight excluding hydrogens is 235 g/mol. The Morgan fingerprint density at radius 2 is 1.92 bits per heavy atom. The van der Waals surface area contributed by atoms with Crippen LogP contribution in [-0.4, -0.2) is 10.2 Å². The topological polar surface area (TPSA) is 25.8 Å². The van der Waals surface area contributed by atoms with E-state index in [1.165, 1.54) is 5.56 Å². The molecule has 1 unspecified atom stereocenters.